The Morgan fingerprint density at radius 3 is 2.09 bits per heavy atom. The molecular formula is C8H11NO2. The van der Waals surface area contributed by atoms with E-state index in [2.05, 4.69) is 6.58 Å². The number of piperidine rings is 1. The molecule has 3 heteroatoms. The van der Waals surface area contributed by atoms with E-state index in [1.54, 1.807) is 6.92 Å². The Morgan fingerprint density at radius 2 is 1.82 bits per heavy atom. The molecule has 11 heavy (non-hydrogen) atoms. The molecule has 0 unspecified atom stereocenters. The summed E-state index contributed by atoms with van der Waals surface area (Å²) in [5, 5.41) is 0. The molecule has 60 valence electrons. The van der Waals surface area contributed by atoms with Gasteiger partial charge in [0.05, 0.1) is 0 Å². The maximum absolute atomic E-state index is 11.1. The second kappa shape index (κ2) is 2.86. The summed E-state index contributed by atoms with van der Waals surface area (Å²) < 4.78 is 0. The van der Waals surface area contributed by atoms with Crippen molar-refractivity contribution in [3.8, 4) is 0 Å². The molecule has 0 spiro atoms. The Balaban J connectivity index is 2.79. The monoisotopic (exact) mass is 153 g/mol. The Morgan fingerprint density at radius 1 is 1.36 bits per heavy atom. The first-order chi connectivity index (χ1) is 5.13. The molecule has 0 radical (unpaired) electrons. The molecule has 1 aliphatic heterocycles. The highest BCUT2D eigenvalue weighted by atomic mass is 16.2. The third-order valence-electron chi connectivity index (χ3n) is 1.66. The fraction of sp³-hybridized carbons (Fsp3) is 0.500. The molecule has 0 N–H and O–H groups in total. The van der Waals surface area contributed by atoms with Gasteiger partial charge in [-0.2, -0.15) is 0 Å². The molecule has 0 atom stereocenters. The highest BCUT2D eigenvalue weighted by molar-refractivity contribution is 5.99. The first kappa shape index (κ1) is 7.98. The molecule has 3 nitrogen and oxygen atoms in total. The molecule has 0 aromatic carbocycles. The number of amides is 2. The second-order valence-corrected chi connectivity index (χ2v) is 2.71. The quantitative estimate of drug-likeness (QED) is 0.528. The molecular weight excluding hydrogens is 142 g/mol. The van der Waals surface area contributed by atoms with Gasteiger partial charge in [0.1, 0.15) is 0 Å². The first-order valence-corrected chi connectivity index (χ1v) is 3.64. The Kier molecular flexibility index (Phi) is 2.08. The number of carbonyl (C=O) groups is 2. The van der Waals surface area contributed by atoms with Gasteiger partial charge in [-0.3, -0.25) is 14.5 Å². The van der Waals surface area contributed by atoms with Crippen LogP contribution < -0.4 is 0 Å². The molecule has 0 aromatic rings. The van der Waals surface area contributed by atoms with Crippen LogP contribution in [0.2, 0.25) is 0 Å². The van der Waals surface area contributed by atoms with E-state index in [4.69, 9.17) is 0 Å². The number of allylic oxidation sites excluding steroid dienone is 1. The van der Waals surface area contributed by atoms with Gasteiger partial charge in [0, 0.05) is 18.5 Å². The van der Waals surface area contributed by atoms with Crippen LogP contribution >= 0.6 is 0 Å². The number of hydrogen-bond acceptors (Lipinski definition) is 2. The van der Waals surface area contributed by atoms with Crippen molar-refractivity contribution < 1.29 is 9.59 Å². The van der Waals surface area contributed by atoms with Gasteiger partial charge >= 0.3 is 0 Å². The smallest absolute Gasteiger partial charge is 0.233 e. The summed E-state index contributed by atoms with van der Waals surface area (Å²) in [5.74, 6) is -0.234. The lowest BCUT2D eigenvalue weighted by molar-refractivity contribution is -0.145. The number of imide groups is 1. The van der Waals surface area contributed by atoms with Crippen LogP contribution in [0.5, 0.6) is 0 Å². The number of hydrogen-bond donors (Lipinski definition) is 0. The maximum Gasteiger partial charge on any atom is 0.233 e. The SMILES string of the molecule is C=C(C)N1C(=O)CCCC1=O. The predicted molar refractivity (Wildman–Crippen MR) is 40.5 cm³/mol. The Labute approximate surface area is 65.7 Å². The summed E-state index contributed by atoms with van der Waals surface area (Å²) in [6.45, 7) is 5.23. The van der Waals surface area contributed by atoms with Crippen molar-refractivity contribution in [2.75, 3.05) is 0 Å². The highest BCUT2D eigenvalue weighted by Gasteiger charge is 2.25. The number of carbonyl (C=O) groups excluding carboxylic acids is 2. The minimum Gasteiger partial charge on any atom is -0.274 e. The molecule has 0 saturated carbocycles. The van der Waals surface area contributed by atoms with Gasteiger partial charge in [-0.1, -0.05) is 6.58 Å². The fourth-order valence-corrected chi connectivity index (χ4v) is 1.18. The van der Waals surface area contributed by atoms with Crippen molar-refractivity contribution in [3.63, 3.8) is 0 Å². The van der Waals surface area contributed by atoms with Gasteiger partial charge < -0.3 is 0 Å². The zero-order valence-electron chi connectivity index (χ0n) is 6.59. The minimum absolute atomic E-state index is 0.117. The van der Waals surface area contributed by atoms with Crippen LogP contribution in [0.25, 0.3) is 0 Å². The predicted octanol–water partition coefficient (Wildman–Crippen LogP) is 1.06. The molecule has 1 heterocycles. The van der Waals surface area contributed by atoms with Crippen LogP contribution in [-0.2, 0) is 9.59 Å². The van der Waals surface area contributed by atoms with Crippen molar-refractivity contribution in [2.24, 2.45) is 0 Å². The highest BCUT2D eigenvalue weighted by Crippen LogP contribution is 2.15. The normalized spacial score (nSPS) is 18.8. The number of rotatable bonds is 1. The van der Waals surface area contributed by atoms with Crippen LogP contribution in [0.15, 0.2) is 12.3 Å². The average Bonchev–Trinajstić information content (AvgIpc) is 1.85. The van der Waals surface area contributed by atoms with Gasteiger partial charge in [0.15, 0.2) is 0 Å². The van der Waals surface area contributed by atoms with E-state index in [0.29, 0.717) is 25.0 Å². The van der Waals surface area contributed by atoms with Crippen LogP contribution in [0.4, 0.5) is 0 Å². The summed E-state index contributed by atoms with van der Waals surface area (Å²) in [6, 6.07) is 0. The minimum atomic E-state index is -0.117. The van der Waals surface area contributed by atoms with Crippen molar-refractivity contribution in [1.29, 1.82) is 0 Å². The van der Waals surface area contributed by atoms with Gasteiger partial charge in [-0.05, 0) is 13.3 Å². The summed E-state index contributed by atoms with van der Waals surface area (Å²) >= 11 is 0. The standard InChI is InChI=1S/C8H11NO2/c1-6(2)9-7(10)4-3-5-8(9)11/h1,3-5H2,2H3. The largest absolute Gasteiger partial charge is 0.274 e. The zero-order valence-corrected chi connectivity index (χ0v) is 6.59. The lowest BCUT2D eigenvalue weighted by atomic mass is 10.1. The van der Waals surface area contributed by atoms with Gasteiger partial charge in [0.2, 0.25) is 11.8 Å². The van der Waals surface area contributed by atoms with Crippen LogP contribution in [-0.4, -0.2) is 16.7 Å². The molecule has 0 bridgehead atoms. The van der Waals surface area contributed by atoms with E-state index in [-0.39, 0.29) is 11.8 Å². The molecule has 1 saturated heterocycles. The van der Waals surface area contributed by atoms with E-state index in [9.17, 15) is 9.59 Å². The van der Waals surface area contributed by atoms with Crippen molar-refractivity contribution in [3.05, 3.63) is 12.3 Å². The van der Waals surface area contributed by atoms with E-state index in [1.165, 1.54) is 4.90 Å². The summed E-state index contributed by atoms with van der Waals surface area (Å²) in [7, 11) is 0. The molecule has 1 fully saturated rings. The fourth-order valence-electron chi connectivity index (χ4n) is 1.18. The van der Waals surface area contributed by atoms with E-state index in [1.807, 2.05) is 0 Å². The van der Waals surface area contributed by atoms with E-state index in [0.717, 1.165) is 0 Å². The molecule has 1 aliphatic rings. The van der Waals surface area contributed by atoms with E-state index >= 15 is 0 Å². The lowest BCUT2D eigenvalue weighted by Gasteiger charge is -2.24. The van der Waals surface area contributed by atoms with E-state index < -0.39 is 0 Å². The Bertz CT molecular complexity index is 204. The maximum atomic E-state index is 11.1. The van der Waals surface area contributed by atoms with Crippen molar-refractivity contribution >= 4 is 11.8 Å². The van der Waals surface area contributed by atoms with Crippen LogP contribution in [0.1, 0.15) is 26.2 Å². The summed E-state index contributed by atoms with van der Waals surface area (Å²) in [4.78, 5) is 23.4. The second-order valence-electron chi connectivity index (χ2n) is 2.71. The zero-order chi connectivity index (χ0) is 8.43. The Hall–Kier alpha value is -1.12. The summed E-state index contributed by atoms with van der Waals surface area (Å²) in [6.07, 6.45) is 1.62. The van der Waals surface area contributed by atoms with Crippen molar-refractivity contribution in [1.82, 2.24) is 4.90 Å². The van der Waals surface area contributed by atoms with Crippen molar-refractivity contribution in [2.45, 2.75) is 26.2 Å². The van der Waals surface area contributed by atoms with Crippen LogP contribution in [0, 0.1) is 0 Å². The molecule has 1 rings (SSSR count). The third-order valence-corrected chi connectivity index (χ3v) is 1.66. The molecule has 0 aliphatic carbocycles. The molecule has 2 amide bonds. The van der Waals surface area contributed by atoms with Crippen LogP contribution in [0.3, 0.4) is 0 Å². The topological polar surface area (TPSA) is 37.4 Å². The van der Waals surface area contributed by atoms with Gasteiger partial charge in [-0.15, -0.1) is 0 Å². The first-order valence-electron chi connectivity index (χ1n) is 3.64. The number of nitrogens with zero attached hydrogens (tertiary/aromatic N) is 1. The summed E-state index contributed by atoms with van der Waals surface area (Å²) in [5.41, 5.74) is 0.528. The molecule has 0 aromatic heterocycles. The third kappa shape index (κ3) is 1.48. The van der Waals surface area contributed by atoms with Gasteiger partial charge in [-0.25, -0.2) is 0 Å². The number of likely N-dealkylation sites (tertiary alicyclic amines) is 1. The average molecular weight is 153 g/mol. The lowest BCUT2D eigenvalue weighted by Crippen LogP contribution is -2.38. The van der Waals surface area contributed by atoms with Gasteiger partial charge in [0.25, 0.3) is 0 Å².